The lowest BCUT2D eigenvalue weighted by atomic mass is 10.0. The van der Waals surface area contributed by atoms with Gasteiger partial charge in [0.05, 0.1) is 19.0 Å². The Morgan fingerprint density at radius 2 is 1.62 bits per heavy atom. The molecule has 4 unspecified atom stereocenters. The van der Waals surface area contributed by atoms with Gasteiger partial charge in [0.2, 0.25) is 23.6 Å². The molecule has 1 aromatic heterocycles. The number of aliphatic hydroxyl groups is 1. The average molecular weight is 484 g/mol. The van der Waals surface area contributed by atoms with Crippen LogP contribution in [0.1, 0.15) is 38.8 Å². The Morgan fingerprint density at radius 1 is 1.03 bits per heavy atom. The van der Waals surface area contributed by atoms with Gasteiger partial charge >= 0.3 is 5.97 Å². The van der Waals surface area contributed by atoms with E-state index in [-0.39, 0.29) is 31.6 Å². The molecule has 0 aliphatic heterocycles. The third kappa shape index (κ3) is 9.95. The Balaban J connectivity index is 2.82. The molecular formula is C20H33N7O7. The first-order valence-corrected chi connectivity index (χ1v) is 10.7. The van der Waals surface area contributed by atoms with Crippen molar-refractivity contribution in [1.29, 1.82) is 0 Å². The molecule has 1 aromatic rings. The van der Waals surface area contributed by atoms with Gasteiger partial charge in [0.15, 0.2) is 0 Å². The number of nitrogens with one attached hydrogen (secondary N) is 4. The first kappa shape index (κ1) is 28.5. The smallest absolute Gasteiger partial charge is 0.326 e. The van der Waals surface area contributed by atoms with Gasteiger partial charge in [-0.2, -0.15) is 0 Å². The number of primary amides is 1. The second kappa shape index (κ2) is 13.9. The summed E-state index contributed by atoms with van der Waals surface area (Å²) in [6.45, 7) is 2.81. The molecule has 0 saturated carbocycles. The SMILES string of the molecule is CC(C)CC(NC(=O)C(N)CCC(N)=O)C(=O)NC(CO)C(=O)NC(Cc1cnc[nH]1)C(=O)O. The molecular weight excluding hydrogens is 450 g/mol. The number of nitrogens with zero attached hydrogens (tertiary/aromatic N) is 1. The van der Waals surface area contributed by atoms with Gasteiger partial charge in [-0.1, -0.05) is 13.8 Å². The zero-order valence-electron chi connectivity index (χ0n) is 19.1. The van der Waals surface area contributed by atoms with Crippen LogP contribution >= 0.6 is 0 Å². The molecule has 0 radical (unpaired) electrons. The maximum absolute atomic E-state index is 12.8. The summed E-state index contributed by atoms with van der Waals surface area (Å²) in [6.07, 6.45) is 2.74. The summed E-state index contributed by atoms with van der Waals surface area (Å²) in [5.74, 6) is -4.35. The van der Waals surface area contributed by atoms with Crippen LogP contribution in [0.3, 0.4) is 0 Å². The van der Waals surface area contributed by atoms with E-state index in [2.05, 4.69) is 25.9 Å². The molecule has 0 aromatic carbocycles. The summed E-state index contributed by atoms with van der Waals surface area (Å²) < 4.78 is 0. The van der Waals surface area contributed by atoms with Crippen LogP contribution in [0.15, 0.2) is 12.5 Å². The molecule has 190 valence electrons. The van der Waals surface area contributed by atoms with Crippen molar-refractivity contribution in [3.63, 3.8) is 0 Å². The second-order valence-electron chi connectivity index (χ2n) is 8.23. The summed E-state index contributed by atoms with van der Waals surface area (Å²) in [6, 6.07) is -4.97. The number of hydrogen-bond acceptors (Lipinski definition) is 8. The minimum atomic E-state index is -1.47. The molecule has 1 heterocycles. The number of aromatic nitrogens is 2. The molecule has 0 fully saturated rings. The fourth-order valence-corrected chi connectivity index (χ4v) is 2.97. The second-order valence-corrected chi connectivity index (χ2v) is 8.23. The summed E-state index contributed by atoms with van der Waals surface area (Å²) in [7, 11) is 0. The largest absolute Gasteiger partial charge is 0.480 e. The number of aliphatic carboxylic acids is 1. The van der Waals surface area contributed by atoms with Gasteiger partial charge in [-0.3, -0.25) is 19.2 Å². The molecule has 0 bridgehead atoms. The normalized spacial score (nSPS) is 14.5. The lowest BCUT2D eigenvalue weighted by Crippen LogP contribution is -2.58. The van der Waals surface area contributed by atoms with E-state index in [1.165, 1.54) is 12.5 Å². The van der Waals surface area contributed by atoms with Crippen LogP contribution in [-0.2, 0) is 30.4 Å². The number of hydrogen-bond donors (Lipinski definition) is 8. The first-order chi connectivity index (χ1) is 15.9. The molecule has 14 heteroatoms. The Labute approximate surface area is 196 Å². The van der Waals surface area contributed by atoms with Crippen molar-refractivity contribution >= 4 is 29.6 Å². The number of aliphatic hydroxyl groups excluding tert-OH is 1. The number of carbonyl (C=O) groups is 5. The molecule has 4 atom stereocenters. The van der Waals surface area contributed by atoms with E-state index < -0.39 is 60.4 Å². The number of amides is 4. The zero-order chi connectivity index (χ0) is 25.8. The number of aromatic amines is 1. The summed E-state index contributed by atoms with van der Waals surface area (Å²) in [5.41, 5.74) is 11.3. The number of carboxylic acid groups (broad SMARTS) is 1. The van der Waals surface area contributed by atoms with Crippen LogP contribution in [0.4, 0.5) is 0 Å². The van der Waals surface area contributed by atoms with Gasteiger partial charge in [-0.15, -0.1) is 0 Å². The lowest BCUT2D eigenvalue weighted by molar-refractivity contribution is -0.142. The molecule has 1 rings (SSSR count). The molecule has 0 aliphatic rings. The molecule has 0 aliphatic carbocycles. The zero-order valence-corrected chi connectivity index (χ0v) is 19.1. The number of carboxylic acids is 1. The minimum absolute atomic E-state index is 0.00817. The highest BCUT2D eigenvalue weighted by atomic mass is 16.4. The molecule has 0 saturated heterocycles. The monoisotopic (exact) mass is 483 g/mol. The Bertz CT molecular complexity index is 844. The van der Waals surface area contributed by atoms with Crippen molar-refractivity contribution in [3.8, 4) is 0 Å². The predicted octanol–water partition coefficient (Wildman–Crippen LogP) is -2.88. The lowest BCUT2D eigenvalue weighted by Gasteiger charge is -2.25. The van der Waals surface area contributed by atoms with E-state index >= 15 is 0 Å². The maximum Gasteiger partial charge on any atom is 0.326 e. The van der Waals surface area contributed by atoms with E-state index in [9.17, 15) is 34.2 Å². The van der Waals surface area contributed by atoms with Crippen molar-refractivity contribution < 1.29 is 34.2 Å². The summed E-state index contributed by atoms with van der Waals surface area (Å²) >= 11 is 0. The maximum atomic E-state index is 12.8. The van der Waals surface area contributed by atoms with E-state index in [1.54, 1.807) is 0 Å². The topological polar surface area (TPSA) is 243 Å². The number of nitrogens with two attached hydrogens (primary N) is 2. The van der Waals surface area contributed by atoms with Crippen LogP contribution in [0.2, 0.25) is 0 Å². The third-order valence-corrected chi connectivity index (χ3v) is 4.79. The highest BCUT2D eigenvalue weighted by Gasteiger charge is 2.30. The van der Waals surface area contributed by atoms with Crippen LogP contribution in [0.5, 0.6) is 0 Å². The van der Waals surface area contributed by atoms with E-state index in [4.69, 9.17) is 11.5 Å². The predicted molar refractivity (Wildman–Crippen MR) is 119 cm³/mol. The molecule has 14 nitrogen and oxygen atoms in total. The van der Waals surface area contributed by atoms with E-state index in [1.807, 2.05) is 13.8 Å². The fraction of sp³-hybridized carbons (Fsp3) is 0.600. The summed E-state index contributed by atoms with van der Waals surface area (Å²) in [4.78, 5) is 66.6. The van der Waals surface area contributed by atoms with Gasteiger partial charge in [-0.05, 0) is 18.8 Å². The average Bonchev–Trinajstić information content (AvgIpc) is 3.27. The number of carbonyl (C=O) groups excluding carboxylic acids is 4. The van der Waals surface area contributed by atoms with Gasteiger partial charge < -0.3 is 42.6 Å². The first-order valence-electron chi connectivity index (χ1n) is 10.7. The van der Waals surface area contributed by atoms with Crippen molar-refractivity contribution in [2.45, 2.75) is 63.7 Å². The van der Waals surface area contributed by atoms with Gasteiger partial charge in [0, 0.05) is 24.7 Å². The highest BCUT2D eigenvalue weighted by Crippen LogP contribution is 2.07. The van der Waals surface area contributed by atoms with Gasteiger partial charge in [-0.25, -0.2) is 9.78 Å². The van der Waals surface area contributed by atoms with Crippen molar-refractivity contribution in [1.82, 2.24) is 25.9 Å². The number of imidazole rings is 1. The fourth-order valence-electron chi connectivity index (χ4n) is 2.97. The minimum Gasteiger partial charge on any atom is -0.480 e. The summed E-state index contributed by atoms with van der Waals surface area (Å²) in [5, 5.41) is 26.1. The van der Waals surface area contributed by atoms with Crippen molar-refractivity contribution in [3.05, 3.63) is 18.2 Å². The van der Waals surface area contributed by atoms with Gasteiger partial charge in [0.1, 0.15) is 18.1 Å². The Kier molecular flexibility index (Phi) is 11.7. The van der Waals surface area contributed by atoms with Crippen molar-refractivity contribution in [2.75, 3.05) is 6.61 Å². The molecule has 4 amide bonds. The Morgan fingerprint density at radius 3 is 2.12 bits per heavy atom. The molecule has 10 N–H and O–H groups in total. The van der Waals surface area contributed by atoms with Crippen LogP contribution in [0.25, 0.3) is 0 Å². The van der Waals surface area contributed by atoms with E-state index in [0.717, 1.165) is 0 Å². The van der Waals surface area contributed by atoms with Gasteiger partial charge in [0.25, 0.3) is 0 Å². The van der Waals surface area contributed by atoms with E-state index in [0.29, 0.717) is 5.69 Å². The molecule has 0 spiro atoms. The standard InChI is InChI=1S/C20H33N7O7/c1-10(2)5-13(25-17(30)12(21)3-4-16(22)29)18(31)27-15(8-28)19(32)26-14(20(33)34)6-11-7-23-9-24-11/h7,9-10,12-15,28H,3-6,8,21H2,1-2H3,(H2,22,29)(H,23,24)(H,25,30)(H,26,32)(H,27,31)(H,33,34). The highest BCUT2D eigenvalue weighted by molar-refractivity contribution is 5.94. The van der Waals surface area contributed by atoms with Crippen LogP contribution < -0.4 is 27.4 Å². The Hall–Kier alpha value is -3.52. The van der Waals surface area contributed by atoms with Crippen LogP contribution in [0, 0.1) is 5.92 Å². The number of H-pyrrole nitrogens is 1. The van der Waals surface area contributed by atoms with Crippen LogP contribution in [-0.4, -0.2) is 80.6 Å². The van der Waals surface area contributed by atoms with Crippen molar-refractivity contribution in [2.24, 2.45) is 17.4 Å². The quantitative estimate of drug-likeness (QED) is 0.127. The third-order valence-electron chi connectivity index (χ3n) is 4.79. The molecule has 34 heavy (non-hydrogen) atoms. The number of rotatable bonds is 15.